The van der Waals surface area contributed by atoms with Crippen LogP contribution in [0.3, 0.4) is 0 Å². The molecule has 2 heteroatoms. The number of aromatic hydroxyl groups is 1. The predicted molar refractivity (Wildman–Crippen MR) is 66.4 cm³/mol. The average molecular weight is 219 g/mol. The molecule has 1 N–H and O–H groups in total. The van der Waals surface area contributed by atoms with Crippen LogP contribution in [0, 0.1) is 0 Å². The third-order valence-electron chi connectivity index (χ3n) is 3.70. The van der Waals surface area contributed by atoms with E-state index >= 15 is 0 Å². The van der Waals surface area contributed by atoms with Crippen molar-refractivity contribution < 1.29 is 5.11 Å². The number of likely N-dealkylation sites (tertiary alicyclic amines) is 1. The lowest BCUT2D eigenvalue weighted by atomic mass is 10.1. The minimum absolute atomic E-state index is 0.373. The van der Waals surface area contributed by atoms with Crippen molar-refractivity contribution in [3.8, 4) is 5.75 Å². The molecular formula is C14H21NO. The lowest BCUT2D eigenvalue weighted by molar-refractivity contribution is 0.189. The molecule has 2 atom stereocenters. The van der Waals surface area contributed by atoms with Gasteiger partial charge in [-0.3, -0.25) is 4.90 Å². The van der Waals surface area contributed by atoms with Gasteiger partial charge in [-0.05, 0) is 43.9 Å². The molecule has 0 aliphatic carbocycles. The molecule has 88 valence electrons. The summed E-state index contributed by atoms with van der Waals surface area (Å²) in [6.45, 7) is 5.53. The fourth-order valence-electron chi connectivity index (χ4n) is 2.71. The van der Waals surface area contributed by atoms with Gasteiger partial charge < -0.3 is 5.11 Å². The van der Waals surface area contributed by atoms with Gasteiger partial charge in [0.25, 0.3) is 0 Å². The quantitative estimate of drug-likeness (QED) is 0.844. The Morgan fingerprint density at radius 2 is 2.19 bits per heavy atom. The van der Waals surface area contributed by atoms with Crippen LogP contribution in [0.5, 0.6) is 5.75 Å². The van der Waals surface area contributed by atoms with Crippen LogP contribution in [0.25, 0.3) is 0 Å². The molecule has 0 amide bonds. The number of phenols is 1. The van der Waals surface area contributed by atoms with Crippen LogP contribution >= 0.6 is 0 Å². The number of hydrogen-bond donors (Lipinski definition) is 1. The molecule has 1 aliphatic heterocycles. The SMILES string of the molecule is CCC1CCC(C)N1Cc1cccc(O)c1. The Balaban J connectivity index is 2.08. The van der Waals surface area contributed by atoms with Gasteiger partial charge in [-0.15, -0.1) is 0 Å². The second-order valence-electron chi connectivity index (χ2n) is 4.83. The van der Waals surface area contributed by atoms with Gasteiger partial charge in [0.2, 0.25) is 0 Å². The predicted octanol–water partition coefficient (Wildman–Crippen LogP) is 3.16. The largest absolute Gasteiger partial charge is 0.508 e. The van der Waals surface area contributed by atoms with Crippen molar-refractivity contribution in [2.45, 2.75) is 51.7 Å². The molecule has 0 spiro atoms. The Bertz CT molecular complexity index is 350. The molecule has 1 aromatic rings. The first-order valence-corrected chi connectivity index (χ1v) is 6.24. The molecule has 0 radical (unpaired) electrons. The smallest absolute Gasteiger partial charge is 0.115 e. The topological polar surface area (TPSA) is 23.5 Å². The van der Waals surface area contributed by atoms with Crippen molar-refractivity contribution in [1.29, 1.82) is 0 Å². The van der Waals surface area contributed by atoms with Gasteiger partial charge >= 0.3 is 0 Å². The Kier molecular flexibility index (Phi) is 3.49. The standard InChI is InChI=1S/C14H21NO/c1-3-13-8-7-11(2)15(13)10-12-5-4-6-14(16)9-12/h4-6,9,11,13,16H,3,7-8,10H2,1-2H3. The highest BCUT2D eigenvalue weighted by Gasteiger charge is 2.28. The molecular weight excluding hydrogens is 198 g/mol. The van der Waals surface area contributed by atoms with E-state index in [0.29, 0.717) is 11.8 Å². The Hall–Kier alpha value is -1.02. The highest BCUT2D eigenvalue weighted by atomic mass is 16.3. The maximum absolute atomic E-state index is 9.46. The Labute approximate surface area is 97.9 Å². The van der Waals surface area contributed by atoms with E-state index in [1.807, 2.05) is 12.1 Å². The van der Waals surface area contributed by atoms with Crippen LogP contribution in [-0.2, 0) is 6.54 Å². The number of phenolic OH excluding ortho intramolecular Hbond substituents is 1. The van der Waals surface area contributed by atoms with E-state index in [1.54, 1.807) is 6.07 Å². The molecule has 0 aromatic heterocycles. The zero-order chi connectivity index (χ0) is 11.5. The number of hydrogen-bond acceptors (Lipinski definition) is 2. The molecule has 1 aliphatic rings. The number of nitrogens with zero attached hydrogens (tertiary/aromatic N) is 1. The first kappa shape index (κ1) is 11.5. The first-order chi connectivity index (χ1) is 7.70. The molecule has 2 nitrogen and oxygen atoms in total. The monoisotopic (exact) mass is 219 g/mol. The second-order valence-corrected chi connectivity index (χ2v) is 4.83. The van der Waals surface area contributed by atoms with Gasteiger partial charge in [0.15, 0.2) is 0 Å². The van der Waals surface area contributed by atoms with Crippen LogP contribution in [-0.4, -0.2) is 22.1 Å². The van der Waals surface area contributed by atoms with Gasteiger partial charge in [-0.1, -0.05) is 19.1 Å². The summed E-state index contributed by atoms with van der Waals surface area (Å²) >= 11 is 0. The Morgan fingerprint density at radius 3 is 2.88 bits per heavy atom. The lowest BCUT2D eigenvalue weighted by Gasteiger charge is -2.27. The van der Waals surface area contributed by atoms with E-state index in [0.717, 1.165) is 12.6 Å². The molecule has 1 heterocycles. The summed E-state index contributed by atoms with van der Waals surface area (Å²) in [5.74, 6) is 0.373. The molecule has 1 aromatic carbocycles. The maximum atomic E-state index is 9.46. The van der Waals surface area contributed by atoms with Crippen molar-refractivity contribution in [2.75, 3.05) is 0 Å². The molecule has 0 bridgehead atoms. The normalized spacial score (nSPS) is 26.1. The van der Waals surface area contributed by atoms with E-state index in [9.17, 15) is 5.11 Å². The van der Waals surface area contributed by atoms with Crippen LogP contribution in [0.1, 0.15) is 38.7 Å². The molecule has 0 saturated carbocycles. The van der Waals surface area contributed by atoms with Gasteiger partial charge in [0.1, 0.15) is 5.75 Å². The van der Waals surface area contributed by atoms with Crippen molar-refractivity contribution in [2.24, 2.45) is 0 Å². The minimum atomic E-state index is 0.373. The summed E-state index contributed by atoms with van der Waals surface area (Å²) in [6, 6.07) is 9.01. The Morgan fingerprint density at radius 1 is 1.38 bits per heavy atom. The summed E-state index contributed by atoms with van der Waals surface area (Å²) in [5.41, 5.74) is 1.22. The molecule has 16 heavy (non-hydrogen) atoms. The van der Waals surface area contributed by atoms with E-state index in [4.69, 9.17) is 0 Å². The van der Waals surface area contributed by atoms with E-state index in [1.165, 1.54) is 24.8 Å². The van der Waals surface area contributed by atoms with E-state index in [-0.39, 0.29) is 0 Å². The molecule has 1 fully saturated rings. The van der Waals surface area contributed by atoms with Crippen LogP contribution in [0.4, 0.5) is 0 Å². The van der Waals surface area contributed by atoms with Crippen LogP contribution in [0.15, 0.2) is 24.3 Å². The number of rotatable bonds is 3. The van der Waals surface area contributed by atoms with Crippen LogP contribution < -0.4 is 0 Å². The summed E-state index contributed by atoms with van der Waals surface area (Å²) < 4.78 is 0. The van der Waals surface area contributed by atoms with Gasteiger partial charge in [0.05, 0.1) is 0 Å². The number of benzene rings is 1. The molecule has 2 unspecified atom stereocenters. The van der Waals surface area contributed by atoms with E-state index < -0.39 is 0 Å². The van der Waals surface area contributed by atoms with Crippen molar-refractivity contribution >= 4 is 0 Å². The lowest BCUT2D eigenvalue weighted by Crippen LogP contribution is -2.33. The average Bonchev–Trinajstić information content (AvgIpc) is 2.60. The molecule has 1 saturated heterocycles. The van der Waals surface area contributed by atoms with E-state index in [2.05, 4.69) is 24.8 Å². The summed E-state index contributed by atoms with van der Waals surface area (Å²) in [6.07, 6.45) is 3.84. The third kappa shape index (κ3) is 2.38. The van der Waals surface area contributed by atoms with Crippen molar-refractivity contribution in [1.82, 2.24) is 4.90 Å². The highest BCUT2D eigenvalue weighted by molar-refractivity contribution is 5.27. The van der Waals surface area contributed by atoms with Crippen LogP contribution in [0.2, 0.25) is 0 Å². The summed E-state index contributed by atoms with van der Waals surface area (Å²) in [5, 5.41) is 9.46. The fourth-order valence-corrected chi connectivity index (χ4v) is 2.71. The fraction of sp³-hybridized carbons (Fsp3) is 0.571. The summed E-state index contributed by atoms with van der Waals surface area (Å²) in [7, 11) is 0. The summed E-state index contributed by atoms with van der Waals surface area (Å²) in [4.78, 5) is 2.56. The maximum Gasteiger partial charge on any atom is 0.115 e. The minimum Gasteiger partial charge on any atom is -0.508 e. The highest BCUT2D eigenvalue weighted by Crippen LogP contribution is 2.28. The van der Waals surface area contributed by atoms with Gasteiger partial charge in [0, 0.05) is 18.6 Å². The zero-order valence-corrected chi connectivity index (χ0v) is 10.2. The zero-order valence-electron chi connectivity index (χ0n) is 10.2. The second kappa shape index (κ2) is 4.88. The third-order valence-corrected chi connectivity index (χ3v) is 3.70. The first-order valence-electron chi connectivity index (χ1n) is 6.24. The van der Waals surface area contributed by atoms with Crippen molar-refractivity contribution in [3.63, 3.8) is 0 Å². The van der Waals surface area contributed by atoms with Gasteiger partial charge in [-0.2, -0.15) is 0 Å². The van der Waals surface area contributed by atoms with Crippen molar-refractivity contribution in [3.05, 3.63) is 29.8 Å². The molecule has 2 rings (SSSR count). The van der Waals surface area contributed by atoms with Gasteiger partial charge in [-0.25, -0.2) is 0 Å².